The molecule has 3 aromatic heterocycles. The van der Waals surface area contributed by atoms with E-state index in [1.165, 1.54) is 25.7 Å². The number of aryl methyl sites for hydroxylation is 2. The molecule has 10 heteroatoms. The van der Waals surface area contributed by atoms with Crippen LogP contribution in [0.4, 0.5) is 11.8 Å². The molecule has 0 spiro atoms. The summed E-state index contributed by atoms with van der Waals surface area (Å²) in [6.07, 6.45) is 6.58. The maximum Gasteiger partial charge on any atom is 0.224 e. The van der Waals surface area contributed by atoms with Crippen LogP contribution in [0.5, 0.6) is 0 Å². The van der Waals surface area contributed by atoms with Gasteiger partial charge in [0, 0.05) is 25.3 Å². The molecule has 9 nitrogen and oxygen atoms in total. The van der Waals surface area contributed by atoms with E-state index in [2.05, 4.69) is 15.6 Å². The molecule has 2 aliphatic carbocycles. The second-order valence-corrected chi connectivity index (χ2v) is 10.9. The Morgan fingerprint density at radius 2 is 1.86 bits per heavy atom. The average molecular weight is 499 g/mol. The van der Waals surface area contributed by atoms with Crippen molar-refractivity contribution in [2.75, 3.05) is 23.8 Å². The lowest BCUT2D eigenvalue weighted by Crippen LogP contribution is -2.35. The molecular weight excluding hydrogens is 464 g/mol. The Balaban J connectivity index is 1.47. The normalized spacial score (nSPS) is 24.9. The number of anilines is 2. The number of nitrogens with zero attached hydrogens (tertiary/aromatic N) is 4. The van der Waals surface area contributed by atoms with Crippen LogP contribution < -0.4 is 10.6 Å². The van der Waals surface area contributed by atoms with Crippen molar-refractivity contribution in [2.24, 2.45) is 11.8 Å². The molecule has 0 aliphatic heterocycles. The van der Waals surface area contributed by atoms with Crippen LogP contribution in [0.3, 0.4) is 0 Å². The van der Waals surface area contributed by atoms with Gasteiger partial charge in [-0.1, -0.05) is 25.7 Å². The van der Waals surface area contributed by atoms with Gasteiger partial charge >= 0.3 is 0 Å². The summed E-state index contributed by atoms with van der Waals surface area (Å²) in [5, 5.41) is 38.1. The van der Waals surface area contributed by atoms with Crippen molar-refractivity contribution in [2.45, 2.75) is 70.6 Å². The quantitative estimate of drug-likeness (QED) is 0.317. The van der Waals surface area contributed by atoms with Gasteiger partial charge in [-0.25, -0.2) is 9.97 Å². The van der Waals surface area contributed by atoms with Gasteiger partial charge in [-0.05, 0) is 38.7 Å². The second-order valence-electron chi connectivity index (χ2n) is 9.89. The van der Waals surface area contributed by atoms with E-state index in [-0.39, 0.29) is 12.5 Å². The van der Waals surface area contributed by atoms with E-state index in [4.69, 9.17) is 15.0 Å². The van der Waals surface area contributed by atoms with Crippen molar-refractivity contribution < 1.29 is 15.3 Å². The van der Waals surface area contributed by atoms with Gasteiger partial charge < -0.3 is 26.0 Å². The lowest BCUT2D eigenvalue weighted by molar-refractivity contribution is 0.00446. The monoisotopic (exact) mass is 498 g/mol. The van der Waals surface area contributed by atoms with E-state index in [0.717, 1.165) is 51.1 Å². The molecule has 2 fully saturated rings. The molecule has 35 heavy (non-hydrogen) atoms. The predicted octanol–water partition coefficient (Wildman–Crippen LogP) is 3.27. The van der Waals surface area contributed by atoms with Crippen LogP contribution in [0.1, 0.15) is 49.9 Å². The van der Waals surface area contributed by atoms with Crippen molar-refractivity contribution in [3.8, 4) is 10.6 Å². The van der Waals surface area contributed by atoms with Gasteiger partial charge in [0.25, 0.3) is 0 Å². The minimum atomic E-state index is -1.00. The smallest absolute Gasteiger partial charge is 0.224 e. The Hall–Kier alpha value is -2.40. The number of thiazole rings is 1. The number of aliphatic hydroxyl groups is 3. The van der Waals surface area contributed by atoms with Crippen LogP contribution in [-0.2, 0) is 0 Å². The van der Waals surface area contributed by atoms with Crippen molar-refractivity contribution in [3.63, 3.8) is 0 Å². The van der Waals surface area contributed by atoms with Gasteiger partial charge in [0.1, 0.15) is 22.4 Å². The van der Waals surface area contributed by atoms with Gasteiger partial charge in [0.05, 0.1) is 33.8 Å². The Bertz CT molecular complexity index is 1180. The van der Waals surface area contributed by atoms with Gasteiger partial charge in [0.2, 0.25) is 5.95 Å². The SMILES string of the molecule is Cc1nc(NCCC2CCCC2)nc(N[C@@H]2C[C@H](CO)[C@@H](O)[C@H]2O)c1-c1nc2c(C)nccc2s1. The third-order valence-corrected chi connectivity index (χ3v) is 8.50. The lowest BCUT2D eigenvalue weighted by Gasteiger charge is -2.21. The number of rotatable bonds is 8. The highest BCUT2D eigenvalue weighted by molar-refractivity contribution is 7.21. The summed E-state index contributed by atoms with van der Waals surface area (Å²) in [6, 6.07) is 1.51. The van der Waals surface area contributed by atoms with Crippen molar-refractivity contribution in [3.05, 3.63) is 23.7 Å². The van der Waals surface area contributed by atoms with Crippen LogP contribution in [0, 0.1) is 25.7 Å². The Morgan fingerprint density at radius 3 is 2.57 bits per heavy atom. The molecule has 5 rings (SSSR count). The number of nitrogens with one attached hydrogen (secondary N) is 2. The molecule has 0 saturated heterocycles. The molecule has 2 saturated carbocycles. The number of aromatic nitrogens is 4. The van der Waals surface area contributed by atoms with Crippen molar-refractivity contribution >= 4 is 33.3 Å². The highest BCUT2D eigenvalue weighted by atomic mass is 32.1. The highest BCUT2D eigenvalue weighted by Crippen LogP contribution is 2.38. The van der Waals surface area contributed by atoms with Crippen LogP contribution in [0.25, 0.3) is 20.8 Å². The molecule has 0 unspecified atom stereocenters. The van der Waals surface area contributed by atoms with E-state index in [9.17, 15) is 15.3 Å². The molecule has 3 aromatic rings. The zero-order valence-electron chi connectivity index (χ0n) is 20.2. The third-order valence-electron chi connectivity index (χ3n) is 7.46. The molecule has 5 N–H and O–H groups in total. The number of aliphatic hydroxyl groups excluding tert-OH is 3. The first-order valence-electron chi connectivity index (χ1n) is 12.5. The summed E-state index contributed by atoms with van der Waals surface area (Å²) < 4.78 is 1.04. The summed E-state index contributed by atoms with van der Waals surface area (Å²) in [4.78, 5) is 18.8. The zero-order valence-corrected chi connectivity index (χ0v) is 21.1. The predicted molar refractivity (Wildman–Crippen MR) is 138 cm³/mol. The number of hydrogen-bond donors (Lipinski definition) is 5. The van der Waals surface area contributed by atoms with E-state index >= 15 is 0 Å². The van der Waals surface area contributed by atoms with Gasteiger partial charge in [-0.2, -0.15) is 4.98 Å². The summed E-state index contributed by atoms with van der Waals surface area (Å²) >= 11 is 1.55. The lowest BCUT2D eigenvalue weighted by atomic mass is 10.0. The number of pyridine rings is 1. The van der Waals surface area contributed by atoms with Gasteiger partial charge in [0.15, 0.2) is 0 Å². The maximum atomic E-state index is 10.6. The molecule has 4 atom stereocenters. The first-order valence-corrected chi connectivity index (χ1v) is 13.3. The molecular formula is C25H34N6O3S. The van der Waals surface area contributed by atoms with Crippen LogP contribution >= 0.6 is 11.3 Å². The summed E-state index contributed by atoms with van der Waals surface area (Å²) in [7, 11) is 0. The fraction of sp³-hybridized carbons (Fsp3) is 0.600. The summed E-state index contributed by atoms with van der Waals surface area (Å²) in [5.74, 6) is 1.50. The molecule has 0 radical (unpaired) electrons. The first-order chi connectivity index (χ1) is 16.9. The van der Waals surface area contributed by atoms with E-state index in [1.807, 2.05) is 19.9 Å². The van der Waals surface area contributed by atoms with Crippen LogP contribution in [0.2, 0.25) is 0 Å². The molecule has 0 aromatic carbocycles. The molecule has 2 aliphatic rings. The molecule has 0 amide bonds. The van der Waals surface area contributed by atoms with Gasteiger partial charge in [-0.3, -0.25) is 4.98 Å². The maximum absolute atomic E-state index is 10.6. The minimum Gasteiger partial charge on any atom is -0.396 e. The van der Waals surface area contributed by atoms with Crippen molar-refractivity contribution in [1.82, 2.24) is 19.9 Å². The zero-order chi connectivity index (χ0) is 24.5. The Morgan fingerprint density at radius 1 is 1.06 bits per heavy atom. The first kappa shape index (κ1) is 24.3. The topological polar surface area (TPSA) is 136 Å². The van der Waals surface area contributed by atoms with Gasteiger partial charge in [-0.15, -0.1) is 11.3 Å². The fourth-order valence-corrected chi connectivity index (χ4v) is 6.52. The van der Waals surface area contributed by atoms with Crippen molar-refractivity contribution in [1.29, 1.82) is 0 Å². The Kier molecular flexibility index (Phi) is 7.15. The fourth-order valence-electron chi connectivity index (χ4n) is 5.41. The number of fused-ring (bicyclic) bond motifs is 1. The third kappa shape index (κ3) is 4.97. The largest absolute Gasteiger partial charge is 0.396 e. The summed E-state index contributed by atoms with van der Waals surface area (Å²) in [5.41, 5.74) is 3.28. The second kappa shape index (κ2) is 10.3. The molecule has 0 bridgehead atoms. The summed E-state index contributed by atoms with van der Waals surface area (Å²) in [6.45, 7) is 4.52. The average Bonchev–Trinajstić information content (AvgIpc) is 3.56. The standard InChI is InChI=1S/C25H34N6O3S/c1-13-19(24-30-20-14(2)26-10-8-18(20)35-24)23(29-17-11-16(12-32)21(33)22(17)34)31-25(28-13)27-9-7-15-5-3-4-6-15/h8,10,15-17,21-22,32-34H,3-7,9,11-12H2,1-2H3,(H2,27,28,29,31)/t16-,17-,21-,22+/m1/s1. The molecule has 3 heterocycles. The number of hydrogen-bond acceptors (Lipinski definition) is 10. The Labute approximate surface area is 209 Å². The molecule has 188 valence electrons. The minimum absolute atomic E-state index is 0.176. The van der Waals surface area contributed by atoms with Crippen LogP contribution in [0.15, 0.2) is 12.3 Å². The highest BCUT2D eigenvalue weighted by Gasteiger charge is 2.41. The van der Waals surface area contributed by atoms with E-state index < -0.39 is 18.2 Å². The van der Waals surface area contributed by atoms with E-state index in [0.29, 0.717) is 18.2 Å². The van der Waals surface area contributed by atoms with Crippen LogP contribution in [-0.4, -0.2) is 66.7 Å². The van der Waals surface area contributed by atoms with E-state index in [1.54, 1.807) is 17.5 Å².